The van der Waals surface area contributed by atoms with Gasteiger partial charge in [0.15, 0.2) is 6.29 Å². The van der Waals surface area contributed by atoms with Gasteiger partial charge in [0.1, 0.15) is 0 Å². The summed E-state index contributed by atoms with van der Waals surface area (Å²) in [6, 6.07) is 0. The zero-order valence-electron chi connectivity index (χ0n) is 6.16. The lowest BCUT2D eigenvalue weighted by molar-refractivity contribution is -0.138. The number of nitrogens with zero attached hydrogens (tertiary/aromatic N) is 1. The Labute approximate surface area is 64.6 Å². The Morgan fingerprint density at radius 1 is 1.64 bits per heavy atom. The van der Waals surface area contributed by atoms with Gasteiger partial charge in [0.2, 0.25) is 5.91 Å². The summed E-state index contributed by atoms with van der Waals surface area (Å²) in [5, 5.41) is 20.0. The number of amides is 1. The Morgan fingerprint density at radius 3 is 2.91 bits per heavy atom. The van der Waals surface area contributed by atoms with Crippen molar-refractivity contribution in [1.82, 2.24) is 10.2 Å². The third-order valence-corrected chi connectivity index (χ3v) is 1.57. The van der Waals surface area contributed by atoms with Gasteiger partial charge >= 0.3 is 0 Å². The molecule has 0 aliphatic carbocycles. The third-order valence-electron chi connectivity index (χ3n) is 1.57. The van der Waals surface area contributed by atoms with Gasteiger partial charge in [-0.25, -0.2) is 0 Å². The van der Waals surface area contributed by atoms with Gasteiger partial charge in [0.05, 0.1) is 13.1 Å². The molecule has 11 heavy (non-hydrogen) atoms. The predicted molar refractivity (Wildman–Crippen MR) is 37.7 cm³/mol. The molecular formula is C6H12N2O3. The molecule has 1 amide bonds. The molecule has 0 bridgehead atoms. The number of aliphatic hydroxyl groups excluding tert-OH is 1. The van der Waals surface area contributed by atoms with E-state index in [1.54, 1.807) is 0 Å². The van der Waals surface area contributed by atoms with Gasteiger partial charge in [-0.15, -0.1) is 0 Å². The molecule has 0 aromatic rings. The summed E-state index contributed by atoms with van der Waals surface area (Å²) >= 11 is 0. The Balaban J connectivity index is 2.36. The first-order chi connectivity index (χ1) is 5.20. The summed E-state index contributed by atoms with van der Waals surface area (Å²) < 4.78 is 0. The van der Waals surface area contributed by atoms with Crippen LogP contribution in [0.15, 0.2) is 0 Å². The number of β-amino-alcohol motifs (C(OH)–C–C–N with tert-alkyl or cyclic N) is 2. The van der Waals surface area contributed by atoms with E-state index < -0.39 is 6.29 Å². The van der Waals surface area contributed by atoms with Crippen LogP contribution in [0, 0.1) is 0 Å². The smallest absolute Gasteiger partial charge is 0.236 e. The molecule has 64 valence electrons. The Hall–Kier alpha value is -0.650. The van der Waals surface area contributed by atoms with Crippen LogP contribution in [0.25, 0.3) is 0 Å². The topological polar surface area (TPSA) is 72.8 Å². The van der Waals surface area contributed by atoms with E-state index in [-0.39, 0.29) is 12.5 Å². The van der Waals surface area contributed by atoms with E-state index in [4.69, 9.17) is 10.2 Å². The largest absolute Gasteiger partial charge is 0.367 e. The Morgan fingerprint density at radius 2 is 2.36 bits per heavy atom. The average molecular weight is 160 g/mol. The van der Waals surface area contributed by atoms with Crippen molar-refractivity contribution in [1.29, 1.82) is 0 Å². The molecule has 1 rings (SSSR count). The van der Waals surface area contributed by atoms with Crippen molar-refractivity contribution in [2.75, 3.05) is 26.2 Å². The van der Waals surface area contributed by atoms with Crippen LogP contribution in [0.2, 0.25) is 0 Å². The Bertz CT molecular complexity index is 149. The number of hydrogen-bond donors (Lipinski definition) is 3. The molecule has 0 atom stereocenters. The number of hydrogen-bond acceptors (Lipinski definition) is 4. The molecule has 0 spiro atoms. The standard InChI is InChI=1S/C6H12N2O3/c9-5-3-7-1-2-8(5)4-6(10)11/h6-7,10-11H,1-4H2. The maximum absolute atomic E-state index is 11.0. The van der Waals surface area contributed by atoms with Crippen LogP contribution < -0.4 is 5.32 Å². The third kappa shape index (κ3) is 2.45. The molecule has 1 aliphatic rings. The van der Waals surface area contributed by atoms with E-state index in [0.717, 1.165) is 6.54 Å². The van der Waals surface area contributed by atoms with Crippen LogP contribution in [-0.4, -0.2) is 53.5 Å². The highest BCUT2D eigenvalue weighted by Crippen LogP contribution is 1.94. The molecule has 5 nitrogen and oxygen atoms in total. The number of nitrogens with one attached hydrogen (secondary N) is 1. The van der Waals surface area contributed by atoms with Gasteiger partial charge < -0.3 is 20.4 Å². The van der Waals surface area contributed by atoms with E-state index >= 15 is 0 Å². The maximum Gasteiger partial charge on any atom is 0.236 e. The highest BCUT2D eigenvalue weighted by atomic mass is 16.5. The first-order valence-electron chi connectivity index (χ1n) is 3.55. The lowest BCUT2D eigenvalue weighted by atomic mass is 10.3. The minimum atomic E-state index is -1.42. The number of carbonyl (C=O) groups is 1. The van der Waals surface area contributed by atoms with E-state index in [1.165, 1.54) is 4.90 Å². The Kier molecular flexibility index (Phi) is 2.81. The average Bonchev–Trinajstić information content (AvgIpc) is 1.93. The summed E-state index contributed by atoms with van der Waals surface area (Å²) in [4.78, 5) is 12.4. The molecule has 0 unspecified atom stereocenters. The molecule has 5 heteroatoms. The van der Waals surface area contributed by atoms with Crippen molar-refractivity contribution in [3.8, 4) is 0 Å². The van der Waals surface area contributed by atoms with Gasteiger partial charge in [-0.2, -0.15) is 0 Å². The molecule has 0 aromatic carbocycles. The van der Waals surface area contributed by atoms with E-state index in [2.05, 4.69) is 5.32 Å². The molecule has 0 radical (unpaired) electrons. The van der Waals surface area contributed by atoms with Crippen molar-refractivity contribution >= 4 is 5.91 Å². The van der Waals surface area contributed by atoms with Gasteiger partial charge in [-0.05, 0) is 0 Å². The molecular weight excluding hydrogens is 148 g/mol. The predicted octanol–water partition coefficient (Wildman–Crippen LogP) is -2.27. The van der Waals surface area contributed by atoms with Gasteiger partial charge in [0, 0.05) is 13.1 Å². The monoisotopic (exact) mass is 160 g/mol. The fourth-order valence-electron chi connectivity index (χ4n) is 1.04. The molecule has 0 saturated carbocycles. The van der Waals surface area contributed by atoms with Crippen molar-refractivity contribution < 1.29 is 15.0 Å². The molecule has 0 aromatic heterocycles. The van der Waals surface area contributed by atoms with Crippen LogP contribution in [-0.2, 0) is 4.79 Å². The van der Waals surface area contributed by atoms with E-state index in [9.17, 15) is 4.79 Å². The van der Waals surface area contributed by atoms with Gasteiger partial charge in [-0.3, -0.25) is 4.79 Å². The van der Waals surface area contributed by atoms with Crippen molar-refractivity contribution in [2.45, 2.75) is 6.29 Å². The summed E-state index contributed by atoms with van der Waals surface area (Å²) in [5.41, 5.74) is 0. The summed E-state index contributed by atoms with van der Waals surface area (Å²) in [5.74, 6) is -0.0793. The van der Waals surface area contributed by atoms with Crippen molar-refractivity contribution in [3.05, 3.63) is 0 Å². The van der Waals surface area contributed by atoms with Crippen LogP contribution in [0.3, 0.4) is 0 Å². The minimum absolute atomic E-state index is 0.0144. The zero-order valence-corrected chi connectivity index (χ0v) is 6.16. The van der Waals surface area contributed by atoms with Crippen LogP contribution in [0.1, 0.15) is 0 Å². The molecule has 1 heterocycles. The number of carbonyl (C=O) groups excluding carboxylic acids is 1. The number of rotatable bonds is 2. The fraction of sp³-hybridized carbons (Fsp3) is 0.833. The van der Waals surface area contributed by atoms with E-state index in [1.807, 2.05) is 0 Å². The second-order valence-corrected chi connectivity index (χ2v) is 2.50. The minimum Gasteiger partial charge on any atom is -0.367 e. The number of aliphatic hydroxyl groups is 2. The SMILES string of the molecule is O=C1CNCCN1CC(O)O. The van der Waals surface area contributed by atoms with Gasteiger partial charge in [0.25, 0.3) is 0 Å². The van der Waals surface area contributed by atoms with Crippen molar-refractivity contribution in [3.63, 3.8) is 0 Å². The van der Waals surface area contributed by atoms with Crippen LogP contribution >= 0.6 is 0 Å². The number of piperazine rings is 1. The van der Waals surface area contributed by atoms with Crippen LogP contribution in [0.4, 0.5) is 0 Å². The first kappa shape index (κ1) is 8.45. The lowest BCUT2D eigenvalue weighted by Gasteiger charge is -2.27. The van der Waals surface area contributed by atoms with Gasteiger partial charge in [-0.1, -0.05) is 0 Å². The van der Waals surface area contributed by atoms with E-state index in [0.29, 0.717) is 13.1 Å². The summed E-state index contributed by atoms with van der Waals surface area (Å²) in [6.07, 6.45) is -1.42. The maximum atomic E-state index is 11.0. The second kappa shape index (κ2) is 3.66. The quantitative estimate of drug-likeness (QED) is 0.398. The zero-order chi connectivity index (χ0) is 8.27. The lowest BCUT2D eigenvalue weighted by Crippen LogP contribution is -2.50. The second-order valence-electron chi connectivity index (χ2n) is 2.50. The molecule has 1 aliphatic heterocycles. The normalized spacial score (nSPS) is 19.5. The highest BCUT2D eigenvalue weighted by molar-refractivity contribution is 5.78. The fourth-order valence-corrected chi connectivity index (χ4v) is 1.04. The molecule has 3 N–H and O–H groups in total. The summed E-state index contributed by atoms with van der Waals surface area (Å²) in [6.45, 7) is 1.59. The summed E-state index contributed by atoms with van der Waals surface area (Å²) in [7, 11) is 0. The molecule has 1 saturated heterocycles. The highest BCUT2D eigenvalue weighted by Gasteiger charge is 2.18. The first-order valence-corrected chi connectivity index (χ1v) is 3.55. The van der Waals surface area contributed by atoms with Crippen molar-refractivity contribution in [2.24, 2.45) is 0 Å². The van der Waals surface area contributed by atoms with Crippen LogP contribution in [0.5, 0.6) is 0 Å². The molecule has 1 fully saturated rings.